The molecule has 0 spiro atoms. The lowest BCUT2D eigenvalue weighted by Crippen LogP contribution is -2.46. The fourth-order valence-electron chi connectivity index (χ4n) is 2.49. The van der Waals surface area contributed by atoms with E-state index < -0.39 is 0 Å². The number of nitrogens with zero attached hydrogens (tertiary/aromatic N) is 3. The number of likely N-dealkylation sites (N-methyl/N-ethyl adjacent to an activating group) is 1. The van der Waals surface area contributed by atoms with Crippen LogP contribution in [0.25, 0.3) is 10.9 Å². The Balaban J connectivity index is 1.88. The molecule has 1 fully saturated rings. The minimum atomic E-state index is 1.07. The lowest BCUT2D eigenvalue weighted by atomic mass is 10.2. The van der Waals surface area contributed by atoms with Gasteiger partial charge in [0.2, 0.25) is 0 Å². The van der Waals surface area contributed by atoms with Crippen LogP contribution in [-0.2, 0) is 0 Å². The maximum absolute atomic E-state index is 4.49. The van der Waals surface area contributed by atoms with E-state index in [1.54, 1.807) is 0 Å². The smallest absolute Gasteiger partial charge is 0.158 e. The van der Waals surface area contributed by atoms with Crippen LogP contribution >= 0.6 is 22.6 Å². The van der Waals surface area contributed by atoms with Crippen molar-refractivity contribution in [2.24, 2.45) is 0 Å². The summed E-state index contributed by atoms with van der Waals surface area (Å²) in [4.78, 5) is 4.87. The molecule has 4 nitrogen and oxygen atoms in total. The topological polar surface area (TPSA) is 35.2 Å². The van der Waals surface area contributed by atoms with Gasteiger partial charge in [0.1, 0.15) is 0 Å². The zero-order valence-corrected chi connectivity index (χ0v) is 12.6. The predicted molar refractivity (Wildman–Crippen MR) is 83.1 cm³/mol. The van der Waals surface area contributed by atoms with E-state index in [4.69, 9.17) is 0 Å². The van der Waals surface area contributed by atoms with E-state index in [0.29, 0.717) is 0 Å². The van der Waals surface area contributed by atoms with Gasteiger partial charge >= 0.3 is 0 Å². The maximum atomic E-state index is 4.49. The Bertz CT molecular complexity index is 543. The summed E-state index contributed by atoms with van der Waals surface area (Å²) in [6.07, 6.45) is 0. The van der Waals surface area contributed by atoms with Crippen LogP contribution in [0.2, 0.25) is 0 Å². The zero-order chi connectivity index (χ0) is 12.5. The molecule has 1 saturated heterocycles. The van der Waals surface area contributed by atoms with E-state index in [0.717, 1.165) is 44.1 Å². The lowest BCUT2D eigenvalue weighted by molar-refractivity contribution is 0.270. The first kappa shape index (κ1) is 12.2. The minimum Gasteiger partial charge on any atom is -0.352 e. The van der Waals surface area contributed by atoms with E-state index in [2.05, 4.69) is 67.7 Å². The molecule has 96 valence electrons. The Labute approximate surface area is 120 Å². The molecule has 0 saturated carbocycles. The van der Waals surface area contributed by atoms with Crippen LogP contribution in [0.1, 0.15) is 6.92 Å². The number of aromatic nitrogens is 2. The van der Waals surface area contributed by atoms with Gasteiger partial charge in [0.05, 0.1) is 5.52 Å². The van der Waals surface area contributed by atoms with Gasteiger partial charge in [-0.3, -0.25) is 5.10 Å². The quantitative estimate of drug-likeness (QED) is 0.839. The minimum absolute atomic E-state index is 1.07. The number of hydrogen-bond acceptors (Lipinski definition) is 3. The number of rotatable bonds is 2. The molecule has 0 amide bonds. The molecule has 1 aliphatic heterocycles. The molecule has 1 aromatic heterocycles. The van der Waals surface area contributed by atoms with Crippen molar-refractivity contribution in [1.29, 1.82) is 0 Å². The van der Waals surface area contributed by atoms with Gasteiger partial charge in [-0.1, -0.05) is 6.92 Å². The Morgan fingerprint density at radius 1 is 1.28 bits per heavy atom. The average Bonchev–Trinajstić information content (AvgIpc) is 2.82. The molecule has 1 aliphatic rings. The summed E-state index contributed by atoms with van der Waals surface area (Å²) >= 11 is 2.35. The van der Waals surface area contributed by atoms with Gasteiger partial charge in [0, 0.05) is 35.1 Å². The summed E-state index contributed by atoms with van der Waals surface area (Å²) in [5.41, 5.74) is 1.13. The summed E-state index contributed by atoms with van der Waals surface area (Å²) in [5.74, 6) is 1.11. The fourth-order valence-corrected chi connectivity index (χ4v) is 2.98. The van der Waals surface area contributed by atoms with E-state index in [9.17, 15) is 0 Å². The third-order valence-electron chi connectivity index (χ3n) is 3.62. The third kappa shape index (κ3) is 2.21. The van der Waals surface area contributed by atoms with Crippen LogP contribution in [0.15, 0.2) is 18.2 Å². The molecular weight excluding hydrogens is 339 g/mol. The highest BCUT2D eigenvalue weighted by Crippen LogP contribution is 2.26. The van der Waals surface area contributed by atoms with Crippen molar-refractivity contribution in [3.05, 3.63) is 21.8 Å². The molecule has 1 aromatic carbocycles. The van der Waals surface area contributed by atoms with Gasteiger partial charge in [0.15, 0.2) is 5.82 Å². The zero-order valence-electron chi connectivity index (χ0n) is 10.5. The molecule has 0 unspecified atom stereocenters. The highest BCUT2D eigenvalue weighted by Gasteiger charge is 2.19. The first-order valence-electron chi connectivity index (χ1n) is 6.39. The molecule has 0 radical (unpaired) electrons. The number of halogens is 1. The standard InChI is InChI=1S/C13H17IN4/c1-2-17-5-7-18(8-6-17)13-11-9-10(14)3-4-12(11)15-16-13/h3-4,9H,2,5-8H2,1H3,(H,15,16). The third-order valence-corrected chi connectivity index (χ3v) is 4.29. The number of fused-ring (bicyclic) bond motifs is 1. The van der Waals surface area contributed by atoms with Gasteiger partial charge in [-0.05, 0) is 47.3 Å². The first-order chi connectivity index (χ1) is 8.78. The molecular formula is C13H17IN4. The maximum Gasteiger partial charge on any atom is 0.158 e. The highest BCUT2D eigenvalue weighted by atomic mass is 127. The van der Waals surface area contributed by atoms with Crippen molar-refractivity contribution in [1.82, 2.24) is 15.1 Å². The van der Waals surface area contributed by atoms with Gasteiger partial charge in [0.25, 0.3) is 0 Å². The van der Waals surface area contributed by atoms with Gasteiger partial charge < -0.3 is 9.80 Å². The molecule has 18 heavy (non-hydrogen) atoms. The van der Waals surface area contributed by atoms with Crippen molar-refractivity contribution in [3.8, 4) is 0 Å². The predicted octanol–water partition coefficient (Wildman–Crippen LogP) is 2.31. The fraction of sp³-hybridized carbons (Fsp3) is 0.462. The molecule has 2 aromatic rings. The van der Waals surface area contributed by atoms with Crippen LogP contribution < -0.4 is 4.90 Å². The first-order valence-corrected chi connectivity index (χ1v) is 7.46. The Morgan fingerprint density at radius 2 is 2.06 bits per heavy atom. The SMILES string of the molecule is CCN1CCN(c2n[nH]c3ccc(I)cc23)CC1. The summed E-state index contributed by atoms with van der Waals surface area (Å²) in [5, 5.41) is 8.86. The van der Waals surface area contributed by atoms with Crippen LogP contribution in [0.4, 0.5) is 5.82 Å². The molecule has 0 atom stereocenters. The summed E-state index contributed by atoms with van der Waals surface area (Å²) < 4.78 is 1.26. The number of hydrogen-bond donors (Lipinski definition) is 1. The van der Waals surface area contributed by atoms with Crippen molar-refractivity contribution < 1.29 is 0 Å². The normalized spacial score (nSPS) is 17.6. The van der Waals surface area contributed by atoms with Crippen LogP contribution in [0.5, 0.6) is 0 Å². The Kier molecular flexibility index (Phi) is 3.43. The van der Waals surface area contributed by atoms with E-state index in [1.165, 1.54) is 8.96 Å². The number of piperazine rings is 1. The summed E-state index contributed by atoms with van der Waals surface area (Å²) in [6.45, 7) is 7.77. The van der Waals surface area contributed by atoms with Crippen molar-refractivity contribution in [3.63, 3.8) is 0 Å². The average molecular weight is 356 g/mol. The Hall–Kier alpha value is -0.820. The summed E-state index contributed by atoms with van der Waals surface area (Å²) in [7, 11) is 0. The number of anilines is 1. The second kappa shape index (κ2) is 5.05. The van der Waals surface area contributed by atoms with Gasteiger partial charge in [-0.15, -0.1) is 0 Å². The number of benzene rings is 1. The summed E-state index contributed by atoms with van der Waals surface area (Å²) in [6, 6.07) is 6.43. The second-order valence-corrected chi connectivity index (χ2v) is 5.90. The van der Waals surface area contributed by atoms with Crippen molar-refractivity contribution in [2.75, 3.05) is 37.6 Å². The van der Waals surface area contributed by atoms with Gasteiger partial charge in [-0.2, -0.15) is 5.10 Å². The molecule has 2 heterocycles. The molecule has 1 N–H and O–H groups in total. The lowest BCUT2D eigenvalue weighted by Gasteiger charge is -2.34. The van der Waals surface area contributed by atoms with E-state index in [-0.39, 0.29) is 0 Å². The molecule has 0 aliphatic carbocycles. The van der Waals surface area contributed by atoms with E-state index in [1.807, 2.05) is 0 Å². The van der Waals surface area contributed by atoms with Crippen LogP contribution in [0, 0.1) is 3.57 Å². The second-order valence-electron chi connectivity index (χ2n) is 4.66. The van der Waals surface area contributed by atoms with E-state index >= 15 is 0 Å². The highest BCUT2D eigenvalue weighted by molar-refractivity contribution is 14.1. The van der Waals surface area contributed by atoms with Crippen molar-refractivity contribution >= 4 is 39.3 Å². The number of nitrogens with one attached hydrogen (secondary N) is 1. The largest absolute Gasteiger partial charge is 0.352 e. The Morgan fingerprint density at radius 3 is 2.78 bits per heavy atom. The van der Waals surface area contributed by atoms with Crippen LogP contribution in [-0.4, -0.2) is 47.8 Å². The van der Waals surface area contributed by atoms with Gasteiger partial charge in [-0.25, -0.2) is 0 Å². The molecule has 0 bridgehead atoms. The monoisotopic (exact) mass is 356 g/mol. The number of aromatic amines is 1. The molecule has 3 rings (SSSR count). The molecule has 5 heteroatoms. The number of H-pyrrole nitrogens is 1. The van der Waals surface area contributed by atoms with Crippen molar-refractivity contribution in [2.45, 2.75) is 6.92 Å². The van der Waals surface area contributed by atoms with Crippen LogP contribution in [0.3, 0.4) is 0 Å².